The summed E-state index contributed by atoms with van der Waals surface area (Å²) in [5, 5.41) is 0. The SMILES string of the molecule is C=CCCCCCC/C=C\CCCCC(C)CC. The average molecular weight is 250 g/mol. The normalized spacial score (nSPS) is 13.0. The maximum Gasteiger partial charge on any atom is -0.0351 e. The van der Waals surface area contributed by atoms with Gasteiger partial charge in [0, 0.05) is 0 Å². The Bertz CT molecular complexity index is 190. The Morgan fingerprint density at radius 1 is 0.833 bits per heavy atom. The minimum atomic E-state index is 0.921. The zero-order valence-corrected chi connectivity index (χ0v) is 12.8. The van der Waals surface area contributed by atoms with Crippen LogP contribution in [0.4, 0.5) is 0 Å². The Morgan fingerprint density at radius 2 is 1.39 bits per heavy atom. The van der Waals surface area contributed by atoms with Crippen molar-refractivity contribution in [2.45, 2.75) is 84.5 Å². The van der Waals surface area contributed by atoms with Crippen molar-refractivity contribution in [1.82, 2.24) is 0 Å². The summed E-state index contributed by atoms with van der Waals surface area (Å²) in [6.45, 7) is 8.40. The van der Waals surface area contributed by atoms with Gasteiger partial charge in [0.15, 0.2) is 0 Å². The van der Waals surface area contributed by atoms with Crippen molar-refractivity contribution in [3.05, 3.63) is 24.8 Å². The van der Waals surface area contributed by atoms with Crippen LogP contribution in [0.3, 0.4) is 0 Å². The summed E-state index contributed by atoms with van der Waals surface area (Å²) in [6.07, 6.45) is 21.5. The van der Waals surface area contributed by atoms with Crippen molar-refractivity contribution in [2.75, 3.05) is 0 Å². The number of unbranched alkanes of at least 4 members (excludes halogenated alkanes) is 7. The largest absolute Gasteiger partial charge is 0.103 e. The van der Waals surface area contributed by atoms with E-state index in [2.05, 4.69) is 32.6 Å². The predicted molar refractivity (Wildman–Crippen MR) is 85.0 cm³/mol. The van der Waals surface area contributed by atoms with E-state index in [1.807, 2.05) is 6.08 Å². The lowest BCUT2D eigenvalue weighted by Gasteiger charge is -2.06. The molecule has 0 radical (unpaired) electrons. The molecule has 1 atom stereocenters. The Hall–Kier alpha value is -0.520. The molecule has 0 spiro atoms. The van der Waals surface area contributed by atoms with Gasteiger partial charge in [0.25, 0.3) is 0 Å². The van der Waals surface area contributed by atoms with E-state index < -0.39 is 0 Å². The van der Waals surface area contributed by atoms with Crippen LogP contribution in [0.2, 0.25) is 0 Å². The molecule has 0 aliphatic heterocycles. The van der Waals surface area contributed by atoms with E-state index in [1.54, 1.807) is 0 Å². The summed E-state index contributed by atoms with van der Waals surface area (Å²) >= 11 is 0. The maximum absolute atomic E-state index is 3.75. The molecule has 0 aliphatic carbocycles. The molecule has 0 bridgehead atoms. The standard InChI is InChI=1S/C18H34/c1-4-6-7-8-9-10-11-12-13-14-15-16-17-18(3)5-2/h4,12-13,18H,1,5-11,14-17H2,2-3H3/b13-12-. The van der Waals surface area contributed by atoms with Crippen LogP contribution in [0.1, 0.15) is 84.5 Å². The highest BCUT2D eigenvalue weighted by atomic mass is 14.0. The van der Waals surface area contributed by atoms with Crippen LogP contribution in [-0.2, 0) is 0 Å². The lowest BCUT2D eigenvalue weighted by Crippen LogP contribution is -1.90. The molecular formula is C18H34. The quantitative estimate of drug-likeness (QED) is 0.253. The van der Waals surface area contributed by atoms with Gasteiger partial charge in [-0.2, -0.15) is 0 Å². The average Bonchev–Trinajstić information content (AvgIpc) is 2.39. The molecule has 0 heteroatoms. The van der Waals surface area contributed by atoms with E-state index in [0.717, 1.165) is 5.92 Å². The summed E-state index contributed by atoms with van der Waals surface area (Å²) in [6, 6.07) is 0. The predicted octanol–water partition coefficient (Wildman–Crippen LogP) is 6.68. The van der Waals surface area contributed by atoms with Gasteiger partial charge in [-0.25, -0.2) is 0 Å². The second-order valence-corrected chi connectivity index (χ2v) is 5.55. The fourth-order valence-electron chi connectivity index (χ4n) is 2.10. The van der Waals surface area contributed by atoms with Crippen LogP contribution in [0.25, 0.3) is 0 Å². The Kier molecular flexibility index (Phi) is 14.1. The monoisotopic (exact) mass is 250 g/mol. The molecule has 0 saturated heterocycles. The smallest absolute Gasteiger partial charge is 0.0351 e. The summed E-state index contributed by atoms with van der Waals surface area (Å²) in [5.41, 5.74) is 0. The maximum atomic E-state index is 3.75. The van der Waals surface area contributed by atoms with E-state index in [9.17, 15) is 0 Å². The van der Waals surface area contributed by atoms with Crippen molar-refractivity contribution in [3.63, 3.8) is 0 Å². The Labute approximate surface area is 116 Å². The van der Waals surface area contributed by atoms with E-state index in [4.69, 9.17) is 0 Å². The molecule has 0 aromatic heterocycles. The van der Waals surface area contributed by atoms with E-state index in [-0.39, 0.29) is 0 Å². The first-order chi connectivity index (χ1) is 8.81. The van der Waals surface area contributed by atoms with Crippen LogP contribution in [0.5, 0.6) is 0 Å². The molecule has 106 valence electrons. The van der Waals surface area contributed by atoms with Crippen LogP contribution in [0, 0.1) is 5.92 Å². The van der Waals surface area contributed by atoms with Gasteiger partial charge >= 0.3 is 0 Å². The third kappa shape index (κ3) is 13.5. The fourth-order valence-corrected chi connectivity index (χ4v) is 2.10. The second kappa shape index (κ2) is 14.5. The molecule has 0 heterocycles. The highest BCUT2D eigenvalue weighted by molar-refractivity contribution is 4.81. The van der Waals surface area contributed by atoms with Crippen LogP contribution in [0.15, 0.2) is 24.8 Å². The first-order valence-electron chi connectivity index (χ1n) is 8.07. The molecule has 0 aromatic rings. The zero-order chi connectivity index (χ0) is 13.5. The molecule has 0 amide bonds. The van der Waals surface area contributed by atoms with Gasteiger partial charge < -0.3 is 0 Å². The summed E-state index contributed by atoms with van der Waals surface area (Å²) < 4.78 is 0. The summed E-state index contributed by atoms with van der Waals surface area (Å²) in [7, 11) is 0. The van der Waals surface area contributed by atoms with E-state index >= 15 is 0 Å². The highest BCUT2D eigenvalue weighted by Gasteiger charge is 1.96. The van der Waals surface area contributed by atoms with Crippen molar-refractivity contribution in [1.29, 1.82) is 0 Å². The molecule has 0 rings (SSSR count). The lowest BCUT2D eigenvalue weighted by atomic mass is 10.0. The lowest BCUT2D eigenvalue weighted by molar-refractivity contribution is 0.486. The highest BCUT2D eigenvalue weighted by Crippen LogP contribution is 2.12. The third-order valence-corrected chi connectivity index (χ3v) is 3.71. The second-order valence-electron chi connectivity index (χ2n) is 5.55. The minimum absolute atomic E-state index is 0.921. The molecule has 0 N–H and O–H groups in total. The number of hydrogen-bond acceptors (Lipinski definition) is 0. The van der Waals surface area contributed by atoms with Gasteiger partial charge in [-0.1, -0.05) is 64.2 Å². The van der Waals surface area contributed by atoms with Gasteiger partial charge in [-0.3, -0.25) is 0 Å². The molecule has 0 saturated carbocycles. The zero-order valence-electron chi connectivity index (χ0n) is 12.8. The van der Waals surface area contributed by atoms with Gasteiger partial charge in [-0.05, 0) is 44.4 Å². The van der Waals surface area contributed by atoms with Crippen molar-refractivity contribution in [3.8, 4) is 0 Å². The van der Waals surface area contributed by atoms with Gasteiger partial charge in [0.1, 0.15) is 0 Å². The van der Waals surface area contributed by atoms with Crippen LogP contribution < -0.4 is 0 Å². The molecule has 1 unspecified atom stereocenters. The van der Waals surface area contributed by atoms with Crippen molar-refractivity contribution in [2.24, 2.45) is 5.92 Å². The van der Waals surface area contributed by atoms with Gasteiger partial charge in [0.2, 0.25) is 0 Å². The number of hydrogen-bond donors (Lipinski definition) is 0. The number of allylic oxidation sites excluding steroid dienone is 3. The topological polar surface area (TPSA) is 0 Å². The first kappa shape index (κ1) is 17.5. The fraction of sp³-hybridized carbons (Fsp3) is 0.778. The van der Waals surface area contributed by atoms with Crippen molar-refractivity contribution >= 4 is 0 Å². The van der Waals surface area contributed by atoms with Crippen molar-refractivity contribution < 1.29 is 0 Å². The Balaban J connectivity index is 3.11. The molecule has 18 heavy (non-hydrogen) atoms. The van der Waals surface area contributed by atoms with Gasteiger partial charge in [-0.15, -0.1) is 6.58 Å². The molecule has 0 aliphatic rings. The van der Waals surface area contributed by atoms with Gasteiger partial charge in [0.05, 0.1) is 0 Å². The summed E-state index contributed by atoms with van der Waals surface area (Å²) in [5.74, 6) is 0.921. The molecule has 0 aromatic carbocycles. The minimum Gasteiger partial charge on any atom is -0.103 e. The van der Waals surface area contributed by atoms with Crippen LogP contribution >= 0.6 is 0 Å². The van der Waals surface area contributed by atoms with E-state index in [1.165, 1.54) is 70.6 Å². The molecule has 0 nitrogen and oxygen atoms in total. The first-order valence-corrected chi connectivity index (χ1v) is 8.07. The third-order valence-electron chi connectivity index (χ3n) is 3.71. The van der Waals surface area contributed by atoms with Crippen LogP contribution in [-0.4, -0.2) is 0 Å². The Morgan fingerprint density at radius 3 is 1.94 bits per heavy atom. The number of rotatable bonds is 13. The molecular weight excluding hydrogens is 216 g/mol. The van der Waals surface area contributed by atoms with E-state index in [0.29, 0.717) is 0 Å². The molecule has 0 fully saturated rings. The summed E-state index contributed by atoms with van der Waals surface area (Å²) in [4.78, 5) is 0.